The number of aliphatic hydroxyl groups is 1. The summed E-state index contributed by atoms with van der Waals surface area (Å²) in [6.07, 6.45) is -11.4. The van der Waals surface area contributed by atoms with Crippen LogP contribution < -0.4 is 5.32 Å². The lowest BCUT2D eigenvalue weighted by atomic mass is 9.92. The molecule has 0 radical (unpaired) electrons. The molecule has 2 N–H and O–H groups in total. The van der Waals surface area contributed by atoms with Gasteiger partial charge in [0.2, 0.25) is 0 Å². The minimum absolute atomic E-state index is 0.0632. The van der Waals surface area contributed by atoms with E-state index in [1.165, 1.54) is 22.7 Å². The first kappa shape index (κ1) is 31.3. The Morgan fingerprint density at radius 2 is 1.61 bits per heavy atom. The summed E-state index contributed by atoms with van der Waals surface area (Å²) < 4.78 is 110. The highest BCUT2D eigenvalue weighted by Crippen LogP contribution is 2.50. The molecule has 0 spiro atoms. The third-order valence-corrected chi connectivity index (χ3v) is 9.96. The van der Waals surface area contributed by atoms with Crippen LogP contribution in [0, 0.1) is 0 Å². The Kier molecular flexibility index (Phi) is 8.06. The SMILES string of the molecule is CC(C)(C)OC(=O)N1Cc2cc(S(=O)(=O)C3CC3)ccc2C1SCNc1ccc(C(O)(C(F)(F)F)C(F)(F)F)cc1. The van der Waals surface area contributed by atoms with E-state index in [1.807, 2.05) is 0 Å². The number of carbonyl (C=O) groups excluding carboxylic acids is 1. The zero-order valence-electron chi connectivity index (χ0n) is 22.1. The van der Waals surface area contributed by atoms with E-state index in [1.54, 1.807) is 32.9 Å². The second kappa shape index (κ2) is 10.6. The Morgan fingerprint density at radius 3 is 2.12 bits per heavy atom. The molecule has 1 aliphatic carbocycles. The van der Waals surface area contributed by atoms with Crippen molar-refractivity contribution in [3.63, 3.8) is 0 Å². The van der Waals surface area contributed by atoms with E-state index >= 15 is 0 Å². The van der Waals surface area contributed by atoms with Crippen molar-refractivity contribution in [1.82, 2.24) is 4.90 Å². The van der Waals surface area contributed by atoms with E-state index < -0.39 is 55.7 Å². The van der Waals surface area contributed by atoms with Crippen molar-refractivity contribution in [2.45, 2.75) is 79.2 Å². The fourth-order valence-corrected chi connectivity index (χ4v) is 7.19. The molecule has 41 heavy (non-hydrogen) atoms. The fourth-order valence-electron chi connectivity index (χ4n) is 4.32. The number of hydrogen-bond donors (Lipinski definition) is 2. The summed E-state index contributed by atoms with van der Waals surface area (Å²) >= 11 is 1.19. The van der Waals surface area contributed by atoms with Crippen molar-refractivity contribution in [3.8, 4) is 0 Å². The highest BCUT2D eigenvalue weighted by molar-refractivity contribution is 7.99. The first-order chi connectivity index (χ1) is 18.8. The van der Waals surface area contributed by atoms with Gasteiger partial charge in [0.05, 0.1) is 22.6 Å². The molecule has 4 rings (SSSR count). The molecule has 1 atom stereocenters. The number of amides is 1. The summed E-state index contributed by atoms with van der Waals surface area (Å²) in [4.78, 5) is 14.6. The maximum Gasteiger partial charge on any atom is 0.430 e. The molecule has 0 bridgehead atoms. The molecule has 0 aromatic heterocycles. The molecule has 1 saturated carbocycles. The molecular weight excluding hydrogens is 598 g/mol. The fraction of sp³-hybridized carbons (Fsp3) is 0.500. The van der Waals surface area contributed by atoms with E-state index in [9.17, 15) is 44.7 Å². The van der Waals surface area contributed by atoms with Gasteiger partial charge in [0, 0.05) is 11.3 Å². The maximum absolute atomic E-state index is 13.2. The second-order valence-corrected chi connectivity index (χ2v) is 14.1. The Bertz CT molecular complexity index is 1390. The molecule has 15 heteroatoms. The van der Waals surface area contributed by atoms with Crippen LogP contribution in [0.15, 0.2) is 47.4 Å². The minimum Gasteiger partial charge on any atom is -0.444 e. The number of alkyl halides is 6. The van der Waals surface area contributed by atoms with Crippen molar-refractivity contribution in [2.75, 3.05) is 11.2 Å². The average Bonchev–Trinajstić information content (AvgIpc) is 3.64. The van der Waals surface area contributed by atoms with Gasteiger partial charge in [-0.1, -0.05) is 18.2 Å². The van der Waals surface area contributed by atoms with Crippen LogP contribution in [0.5, 0.6) is 0 Å². The molecule has 226 valence electrons. The number of benzene rings is 2. The molecule has 1 aliphatic heterocycles. The summed E-state index contributed by atoms with van der Waals surface area (Å²) in [5.41, 5.74) is -5.75. The van der Waals surface area contributed by atoms with Crippen LogP contribution in [-0.2, 0) is 26.7 Å². The molecular formula is C26H28F6N2O5S2. The minimum atomic E-state index is -5.99. The number of hydrogen-bond acceptors (Lipinski definition) is 7. The molecule has 7 nitrogen and oxygen atoms in total. The van der Waals surface area contributed by atoms with Gasteiger partial charge in [0.25, 0.3) is 5.60 Å². The smallest absolute Gasteiger partial charge is 0.430 e. The van der Waals surface area contributed by atoms with Gasteiger partial charge in [0.1, 0.15) is 11.0 Å². The number of fused-ring (bicyclic) bond motifs is 1. The molecule has 1 amide bonds. The van der Waals surface area contributed by atoms with Gasteiger partial charge >= 0.3 is 18.4 Å². The lowest BCUT2D eigenvalue weighted by Crippen LogP contribution is -2.53. The largest absolute Gasteiger partial charge is 0.444 e. The van der Waals surface area contributed by atoms with Crippen molar-refractivity contribution < 1.29 is 49.4 Å². The van der Waals surface area contributed by atoms with E-state index in [2.05, 4.69) is 5.32 Å². The zero-order valence-corrected chi connectivity index (χ0v) is 23.8. The van der Waals surface area contributed by atoms with Crippen molar-refractivity contribution in [1.29, 1.82) is 0 Å². The van der Waals surface area contributed by atoms with Gasteiger partial charge in [-0.3, -0.25) is 4.90 Å². The molecule has 1 heterocycles. The van der Waals surface area contributed by atoms with Gasteiger partial charge in [0.15, 0.2) is 9.84 Å². The standard InChI is InChI=1S/C26H28F6N2O5S2/c1-23(2,3)39-22(35)34-13-15-12-19(41(37,38)18-8-9-18)10-11-20(15)21(34)40-14-33-17-6-4-16(5-7-17)24(36,25(27,28)29)26(30,31)32/h4-7,10-12,18,21,33,36H,8-9,13-14H2,1-3H3. The summed E-state index contributed by atoms with van der Waals surface area (Å²) in [7, 11) is -3.47. The molecule has 2 aromatic rings. The Labute approximate surface area is 237 Å². The highest BCUT2D eigenvalue weighted by atomic mass is 32.2. The molecule has 1 fully saturated rings. The number of halogens is 6. The summed E-state index contributed by atoms with van der Waals surface area (Å²) in [6.45, 7) is 5.17. The van der Waals surface area contributed by atoms with E-state index in [0.29, 0.717) is 36.1 Å². The van der Waals surface area contributed by atoms with Crippen molar-refractivity contribution in [3.05, 3.63) is 59.2 Å². The number of nitrogens with zero attached hydrogens (tertiary/aromatic N) is 1. The van der Waals surface area contributed by atoms with Gasteiger partial charge in [-0.25, -0.2) is 13.2 Å². The first-order valence-electron chi connectivity index (χ1n) is 12.4. The third-order valence-electron chi connectivity index (χ3n) is 6.56. The van der Waals surface area contributed by atoms with Crippen molar-refractivity contribution in [2.24, 2.45) is 0 Å². The quantitative estimate of drug-likeness (QED) is 0.268. The van der Waals surface area contributed by atoms with Gasteiger partial charge in [-0.2, -0.15) is 26.3 Å². The van der Waals surface area contributed by atoms with Gasteiger partial charge < -0.3 is 15.2 Å². The summed E-state index contributed by atoms with van der Waals surface area (Å²) in [5.74, 6) is 0.0632. The summed E-state index contributed by atoms with van der Waals surface area (Å²) in [6, 6.07) is 7.70. The topological polar surface area (TPSA) is 95.9 Å². The second-order valence-electron chi connectivity index (χ2n) is 10.8. The van der Waals surface area contributed by atoms with Gasteiger partial charge in [-0.15, -0.1) is 11.8 Å². The summed E-state index contributed by atoms with van der Waals surface area (Å²) in [5, 5.41) is 11.4. The highest BCUT2D eigenvalue weighted by Gasteiger charge is 2.71. The Hall–Kier alpha value is -2.65. The normalized spacial score (nSPS) is 18.3. The number of ether oxygens (including phenoxy) is 1. The molecule has 1 unspecified atom stereocenters. The molecule has 2 aliphatic rings. The Morgan fingerprint density at radius 1 is 1.02 bits per heavy atom. The van der Waals surface area contributed by atoms with Crippen LogP contribution in [0.1, 0.15) is 55.7 Å². The van der Waals surface area contributed by atoms with E-state index in [4.69, 9.17) is 4.74 Å². The number of rotatable bonds is 7. The van der Waals surface area contributed by atoms with Crippen LogP contribution in [0.2, 0.25) is 0 Å². The number of thioether (sulfide) groups is 1. The lowest BCUT2D eigenvalue weighted by Gasteiger charge is -2.32. The number of nitrogens with one attached hydrogen (secondary N) is 1. The Balaban J connectivity index is 1.52. The predicted octanol–water partition coefficient (Wildman–Crippen LogP) is 6.49. The van der Waals surface area contributed by atoms with Crippen LogP contribution >= 0.6 is 11.8 Å². The predicted molar refractivity (Wildman–Crippen MR) is 140 cm³/mol. The lowest BCUT2D eigenvalue weighted by molar-refractivity contribution is -0.376. The third kappa shape index (κ3) is 6.26. The van der Waals surface area contributed by atoms with Crippen LogP contribution in [0.3, 0.4) is 0 Å². The number of carbonyl (C=O) groups is 1. The first-order valence-corrected chi connectivity index (χ1v) is 15.0. The van der Waals surface area contributed by atoms with Crippen LogP contribution in [-0.4, -0.2) is 53.6 Å². The average molecular weight is 627 g/mol. The van der Waals surface area contributed by atoms with E-state index in [-0.39, 0.29) is 23.0 Å². The number of sulfone groups is 1. The van der Waals surface area contributed by atoms with Crippen LogP contribution in [0.4, 0.5) is 36.8 Å². The zero-order chi connectivity index (χ0) is 30.6. The number of anilines is 1. The van der Waals surface area contributed by atoms with Crippen molar-refractivity contribution >= 4 is 33.4 Å². The molecule has 0 saturated heterocycles. The van der Waals surface area contributed by atoms with Gasteiger partial charge in [-0.05, 0) is 69.0 Å². The molecule has 2 aromatic carbocycles. The van der Waals surface area contributed by atoms with Crippen LogP contribution in [0.25, 0.3) is 0 Å². The monoisotopic (exact) mass is 626 g/mol. The van der Waals surface area contributed by atoms with E-state index in [0.717, 1.165) is 12.1 Å². The maximum atomic E-state index is 13.2.